The van der Waals surface area contributed by atoms with E-state index >= 15 is 0 Å². The normalized spacial score (nSPS) is 16.8. The van der Waals surface area contributed by atoms with E-state index < -0.39 is 11.7 Å². The van der Waals surface area contributed by atoms with Crippen LogP contribution in [0, 0.1) is 0 Å². The lowest BCUT2D eigenvalue weighted by molar-refractivity contribution is -0.137. The number of hydrogen-bond donors (Lipinski definition) is 0. The van der Waals surface area contributed by atoms with Gasteiger partial charge in [-0.05, 0) is 35.9 Å². The molecular formula is C21H20F3N3O3. The Bertz CT molecular complexity index is 937. The summed E-state index contributed by atoms with van der Waals surface area (Å²) in [5, 5.41) is 0. The topological polar surface area (TPSA) is 54.9 Å². The lowest BCUT2D eigenvalue weighted by Crippen LogP contribution is -2.48. The van der Waals surface area contributed by atoms with Crippen LogP contribution >= 0.6 is 0 Å². The summed E-state index contributed by atoms with van der Waals surface area (Å²) >= 11 is 0. The van der Waals surface area contributed by atoms with Gasteiger partial charge < -0.3 is 19.3 Å². The van der Waals surface area contributed by atoms with Crippen molar-refractivity contribution in [2.45, 2.75) is 6.18 Å². The first-order valence-corrected chi connectivity index (χ1v) is 9.55. The molecule has 2 aliphatic rings. The molecule has 6 nitrogen and oxygen atoms in total. The summed E-state index contributed by atoms with van der Waals surface area (Å²) in [6.07, 6.45) is -0.328. The number of fused-ring (bicyclic) bond motifs is 1. The average Bonchev–Trinajstić information content (AvgIpc) is 2.77. The van der Waals surface area contributed by atoms with Crippen molar-refractivity contribution in [2.24, 2.45) is 0 Å². The number of anilines is 1. The molecule has 4 rings (SSSR count). The molecule has 1 amide bonds. The number of halogens is 3. The van der Waals surface area contributed by atoms with Crippen molar-refractivity contribution in [3.63, 3.8) is 0 Å². The zero-order valence-electron chi connectivity index (χ0n) is 16.1. The molecule has 1 aromatic heterocycles. The number of aromatic nitrogens is 1. The number of benzene rings is 1. The Morgan fingerprint density at radius 1 is 1.00 bits per heavy atom. The Labute approximate surface area is 171 Å². The highest BCUT2D eigenvalue weighted by molar-refractivity contribution is 5.92. The molecule has 0 atom stereocenters. The van der Waals surface area contributed by atoms with Crippen LogP contribution in [0.5, 0.6) is 11.5 Å². The maximum Gasteiger partial charge on any atom is 0.417 e. The lowest BCUT2D eigenvalue weighted by atomic mass is 10.1. The van der Waals surface area contributed by atoms with Gasteiger partial charge in [0.1, 0.15) is 19.0 Å². The number of rotatable bonds is 3. The highest BCUT2D eigenvalue weighted by Gasteiger charge is 2.31. The van der Waals surface area contributed by atoms with Gasteiger partial charge in [-0.1, -0.05) is 6.07 Å². The first kappa shape index (κ1) is 20.1. The van der Waals surface area contributed by atoms with Crippen LogP contribution < -0.4 is 14.4 Å². The van der Waals surface area contributed by atoms with E-state index in [0.29, 0.717) is 56.7 Å². The van der Waals surface area contributed by atoms with Crippen molar-refractivity contribution in [3.05, 3.63) is 53.7 Å². The monoisotopic (exact) mass is 419 g/mol. The molecule has 30 heavy (non-hydrogen) atoms. The number of ether oxygens (including phenoxy) is 2. The molecule has 1 saturated heterocycles. The number of carbonyl (C=O) groups is 1. The van der Waals surface area contributed by atoms with E-state index in [0.717, 1.165) is 17.8 Å². The summed E-state index contributed by atoms with van der Waals surface area (Å²) in [5.74, 6) is 1.71. The molecule has 0 spiro atoms. The van der Waals surface area contributed by atoms with Gasteiger partial charge in [0.05, 0.1) is 5.56 Å². The van der Waals surface area contributed by atoms with Crippen molar-refractivity contribution in [1.29, 1.82) is 0 Å². The van der Waals surface area contributed by atoms with Crippen LogP contribution in [0.25, 0.3) is 6.08 Å². The molecule has 0 radical (unpaired) electrons. The Balaban J connectivity index is 1.32. The third kappa shape index (κ3) is 4.50. The predicted molar refractivity (Wildman–Crippen MR) is 104 cm³/mol. The largest absolute Gasteiger partial charge is 0.486 e. The van der Waals surface area contributed by atoms with E-state index in [1.54, 1.807) is 11.0 Å². The summed E-state index contributed by atoms with van der Waals surface area (Å²) in [4.78, 5) is 20.0. The molecular weight excluding hydrogens is 399 g/mol. The molecule has 2 aliphatic heterocycles. The van der Waals surface area contributed by atoms with Gasteiger partial charge in [-0.3, -0.25) is 4.79 Å². The molecule has 0 bridgehead atoms. The van der Waals surface area contributed by atoms with Crippen LogP contribution in [0.1, 0.15) is 11.1 Å². The number of pyridine rings is 1. The van der Waals surface area contributed by atoms with Crippen LogP contribution in [0.3, 0.4) is 0 Å². The van der Waals surface area contributed by atoms with Crippen LogP contribution in [-0.2, 0) is 11.0 Å². The van der Waals surface area contributed by atoms with E-state index in [1.165, 1.54) is 12.1 Å². The molecule has 0 aliphatic carbocycles. The molecule has 1 aromatic carbocycles. The second-order valence-electron chi connectivity index (χ2n) is 6.95. The van der Waals surface area contributed by atoms with E-state index in [4.69, 9.17) is 9.47 Å². The van der Waals surface area contributed by atoms with Crippen LogP contribution in [0.4, 0.5) is 19.0 Å². The highest BCUT2D eigenvalue weighted by atomic mass is 19.4. The van der Waals surface area contributed by atoms with E-state index in [9.17, 15) is 18.0 Å². The standard InChI is InChI=1S/C21H20F3N3O3/c22-21(23,24)16-3-5-19(25-14-16)26-7-9-27(10-8-26)20(28)6-2-15-1-4-17-18(13-15)30-12-11-29-17/h1-6,13-14H,7-12H2/b6-2+. The fraction of sp³-hybridized carbons (Fsp3) is 0.333. The third-order valence-corrected chi connectivity index (χ3v) is 4.98. The van der Waals surface area contributed by atoms with E-state index in [2.05, 4.69) is 4.98 Å². The van der Waals surface area contributed by atoms with Gasteiger partial charge in [-0.2, -0.15) is 13.2 Å². The van der Waals surface area contributed by atoms with Crippen molar-refractivity contribution in [1.82, 2.24) is 9.88 Å². The summed E-state index contributed by atoms with van der Waals surface area (Å²) in [5.41, 5.74) is 0.0598. The third-order valence-electron chi connectivity index (χ3n) is 4.98. The molecule has 3 heterocycles. The molecule has 0 N–H and O–H groups in total. The second-order valence-corrected chi connectivity index (χ2v) is 6.95. The van der Waals surface area contributed by atoms with E-state index in [1.807, 2.05) is 23.1 Å². The summed E-state index contributed by atoms with van der Waals surface area (Å²) < 4.78 is 49.0. The highest BCUT2D eigenvalue weighted by Crippen LogP contribution is 2.31. The molecule has 1 fully saturated rings. The zero-order chi connectivity index (χ0) is 21.1. The SMILES string of the molecule is O=C(/C=C/c1ccc2c(c1)OCCO2)N1CCN(c2ccc(C(F)(F)F)cn2)CC1. The van der Waals surface area contributed by atoms with Gasteiger partial charge in [-0.25, -0.2) is 4.98 Å². The summed E-state index contributed by atoms with van der Waals surface area (Å²) in [7, 11) is 0. The molecule has 158 valence electrons. The molecule has 0 saturated carbocycles. The first-order chi connectivity index (χ1) is 14.4. The number of alkyl halides is 3. The minimum atomic E-state index is -4.40. The van der Waals surface area contributed by atoms with Gasteiger partial charge in [0.15, 0.2) is 11.5 Å². The number of nitrogens with zero attached hydrogens (tertiary/aromatic N) is 3. The van der Waals surface area contributed by atoms with Crippen LogP contribution in [0.2, 0.25) is 0 Å². The van der Waals surface area contributed by atoms with Crippen molar-refractivity contribution >= 4 is 17.8 Å². The lowest BCUT2D eigenvalue weighted by Gasteiger charge is -2.35. The number of hydrogen-bond acceptors (Lipinski definition) is 5. The number of amides is 1. The van der Waals surface area contributed by atoms with Crippen molar-refractivity contribution in [2.75, 3.05) is 44.3 Å². The fourth-order valence-electron chi connectivity index (χ4n) is 3.33. The van der Waals surface area contributed by atoms with Gasteiger partial charge in [0, 0.05) is 38.5 Å². The minimum absolute atomic E-state index is 0.120. The van der Waals surface area contributed by atoms with Gasteiger partial charge in [0.2, 0.25) is 5.91 Å². The number of piperazine rings is 1. The first-order valence-electron chi connectivity index (χ1n) is 9.55. The fourth-order valence-corrected chi connectivity index (χ4v) is 3.33. The van der Waals surface area contributed by atoms with E-state index in [-0.39, 0.29) is 5.91 Å². The summed E-state index contributed by atoms with van der Waals surface area (Å²) in [6, 6.07) is 7.88. The quantitative estimate of drug-likeness (QED) is 0.715. The van der Waals surface area contributed by atoms with Crippen molar-refractivity contribution in [3.8, 4) is 11.5 Å². The van der Waals surface area contributed by atoms with Crippen LogP contribution in [-0.4, -0.2) is 55.2 Å². The molecule has 2 aromatic rings. The van der Waals surface area contributed by atoms with Crippen molar-refractivity contribution < 1.29 is 27.4 Å². The number of carbonyl (C=O) groups excluding carboxylic acids is 1. The van der Waals surface area contributed by atoms with Gasteiger partial charge in [0.25, 0.3) is 0 Å². The molecule has 9 heteroatoms. The maximum absolute atomic E-state index is 12.7. The average molecular weight is 419 g/mol. The second kappa shape index (κ2) is 8.25. The Morgan fingerprint density at radius 2 is 1.73 bits per heavy atom. The Hall–Kier alpha value is -3.23. The minimum Gasteiger partial charge on any atom is -0.486 e. The van der Waals surface area contributed by atoms with Gasteiger partial charge >= 0.3 is 6.18 Å². The Kier molecular flexibility index (Phi) is 5.52. The Morgan fingerprint density at radius 3 is 2.40 bits per heavy atom. The smallest absolute Gasteiger partial charge is 0.417 e. The molecule has 0 unspecified atom stereocenters. The van der Waals surface area contributed by atoms with Crippen LogP contribution in [0.15, 0.2) is 42.6 Å². The zero-order valence-corrected chi connectivity index (χ0v) is 16.1. The predicted octanol–water partition coefficient (Wildman–Crippen LogP) is 3.23. The van der Waals surface area contributed by atoms with Gasteiger partial charge in [-0.15, -0.1) is 0 Å². The maximum atomic E-state index is 12.7. The summed E-state index contributed by atoms with van der Waals surface area (Å²) in [6.45, 7) is 2.95.